The Balaban J connectivity index is 1.96. The van der Waals surface area contributed by atoms with Crippen LogP contribution >= 0.6 is 0 Å². The molecule has 7 heteroatoms. The van der Waals surface area contributed by atoms with Crippen LogP contribution in [-0.2, 0) is 6.54 Å². The van der Waals surface area contributed by atoms with Gasteiger partial charge in [0, 0.05) is 31.2 Å². The van der Waals surface area contributed by atoms with Gasteiger partial charge in [-0.25, -0.2) is 0 Å². The monoisotopic (exact) mass is 289 g/mol. The first kappa shape index (κ1) is 14.9. The number of nitrogens with one attached hydrogen (secondary N) is 1. The van der Waals surface area contributed by atoms with Crippen LogP contribution < -0.4 is 10.2 Å². The molecule has 0 fully saturated rings. The quantitative estimate of drug-likeness (QED) is 0.865. The van der Waals surface area contributed by atoms with Crippen molar-refractivity contribution in [2.75, 3.05) is 18.0 Å². The van der Waals surface area contributed by atoms with Crippen molar-refractivity contribution in [2.45, 2.75) is 39.0 Å². The lowest BCUT2D eigenvalue weighted by Gasteiger charge is -2.25. The smallest absolute Gasteiger partial charge is 0.412 e. The van der Waals surface area contributed by atoms with Gasteiger partial charge < -0.3 is 14.6 Å². The minimum Gasteiger partial charge on any atom is -0.432 e. The van der Waals surface area contributed by atoms with Crippen LogP contribution in [0.1, 0.15) is 26.0 Å². The fourth-order valence-corrected chi connectivity index (χ4v) is 1.93. The first-order valence-electron chi connectivity index (χ1n) is 6.55. The largest absolute Gasteiger partial charge is 0.432 e. The second-order valence-corrected chi connectivity index (χ2v) is 5.08. The number of alkyl halides is 3. The Kier molecular flexibility index (Phi) is 4.37. The fourth-order valence-electron chi connectivity index (χ4n) is 1.93. The summed E-state index contributed by atoms with van der Waals surface area (Å²) in [7, 11) is 0. The summed E-state index contributed by atoms with van der Waals surface area (Å²) in [4.78, 5) is 5.98. The molecule has 0 aliphatic carbocycles. The number of nitrogens with zero attached hydrogens (tertiary/aromatic N) is 2. The van der Waals surface area contributed by atoms with Crippen molar-refractivity contribution in [3.63, 3.8) is 0 Å². The summed E-state index contributed by atoms with van der Waals surface area (Å²) >= 11 is 0. The molecule has 1 aliphatic rings. The lowest BCUT2D eigenvalue weighted by Crippen LogP contribution is -2.32. The van der Waals surface area contributed by atoms with Gasteiger partial charge in [0.25, 0.3) is 6.01 Å². The van der Waals surface area contributed by atoms with E-state index in [0.29, 0.717) is 18.6 Å². The van der Waals surface area contributed by atoms with Crippen LogP contribution in [0.5, 0.6) is 0 Å². The van der Waals surface area contributed by atoms with Crippen LogP contribution in [0.4, 0.5) is 19.2 Å². The highest BCUT2D eigenvalue weighted by molar-refractivity contribution is 5.33. The Morgan fingerprint density at radius 2 is 2.20 bits per heavy atom. The molecule has 0 amide bonds. The molecule has 0 saturated carbocycles. The van der Waals surface area contributed by atoms with E-state index in [1.54, 1.807) is 4.90 Å². The van der Waals surface area contributed by atoms with E-state index in [0.717, 1.165) is 5.69 Å². The highest BCUT2D eigenvalue weighted by Gasteiger charge is 2.35. The van der Waals surface area contributed by atoms with Crippen molar-refractivity contribution in [2.24, 2.45) is 0 Å². The molecule has 20 heavy (non-hydrogen) atoms. The molecule has 0 unspecified atom stereocenters. The average molecular weight is 289 g/mol. The number of hydrogen-bond donors (Lipinski definition) is 1. The van der Waals surface area contributed by atoms with Gasteiger partial charge in [-0.2, -0.15) is 18.2 Å². The van der Waals surface area contributed by atoms with Crippen molar-refractivity contribution in [1.29, 1.82) is 0 Å². The van der Waals surface area contributed by atoms with Gasteiger partial charge in [0.05, 0.1) is 5.69 Å². The summed E-state index contributed by atoms with van der Waals surface area (Å²) in [5, 5.41) is 3.20. The van der Waals surface area contributed by atoms with Gasteiger partial charge in [0.15, 0.2) is 0 Å². The lowest BCUT2D eigenvalue weighted by molar-refractivity contribution is -0.0944. The number of hydrogen-bond acceptors (Lipinski definition) is 4. The standard InChI is InChI=1S/C13H18F3N3O/c1-9(2)17-7-11-8-20-12(18-11)19-5-3-10(4-6-19)13(14,15)16/h3,8-9,17H,4-7H2,1-2H3. The predicted molar refractivity (Wildman–Crippen MR) is 69.4 cm³/mol. The molecule has 4 nitrogen and oxygen atoms in total. The minimum atomic E-state index is -4.23. The van der Waals surface area contributed by atoms with Crippen LogP contribution in [0.3, 0.4) is 0 Å². The van der Waals surface area contributed by atoms with E-state index in [1.165, 1.54) is 12.3 Å². The zero-order valence-electron chi connectivity index (χ0n) is 11.5. The van der Waals surface area contributed by atoms with Gasteiger partial charge in [0.2, 0.25) is 0 Å². The summed E-state index contributed by atoms with van der Waals surface area (Å²) in [6.45, 7) is 5.07. The number of aromatic nitrogens is 1. The molecule has 0 radical (unpaired) electrons. The molecular formula is C13H18F3N3O. The maximum Gasteiger partial charge on any atom is 0.412 e. The van der Waals surface area contributed by atoms with E-state index in [9.17, 15) is 13.2 Å². The van der Waals surface area contributed by atoms with E-state index >= 15 is 0 Å². The van der Waals surface area contributed by atoms with Gasteiger partial charge >= 0.3 is 6.18 Å². The molecule has 2 heterocycles. The lowest BCUT2D eigenvalue weighted by atomic mass is 10.1. The maximum absolute atomic E-state index is 12.5. The van der Waals surface area contributed by atoms with Crippen molar-refractivity contribution in [3.05, 3.63) is 23.6 Å². The summed E-state index contributed by atoms with van der Waals surface area (Å²) in [5.41, 5.74) is 0.279. The molecular weight excluding hydrogens is 271 g/mol. The van der Waals surface area contributed by atoms with Gasteiger partial charge in [-0.05, 0) is 6.42 Å². The first-order chi connectivity index (χ1) is 9.36. The summed E-state index contributed by atoms with van der Waals surface area (Å²) in [5.74, 6) is 0. The minimum absolute atomic E-state index is 0.0363. The molecule has 1 aromatic heterocycles. The molecule has 0 bridgehead atoms. The Morgan fingerprint density at radius 1 is 1.45 bits per heavy atom. The third-order valence-electron chi connectivity index (χ3n) is 3.07. The van der Waals surface area contributed by atoms with Crippen LogP contribution in [0, 0.1) is 0 Å². The SMILES string of the molecule is CC(C)NCc1coc(N2CC=C(C(F)(F)F)CC2)n1. The van der Waals surface area contributed by atoms with Gasteiger partial charge in [-0.3, -0.25) is 0 Å². The second kappa shape index (κ2) is 5.87. The number of anilines is 1. The molecule has 0 atom stereocenters. The molecule has 1 aromatic rings. The zero-order chi connectivity index (χ0) is 14.8. The van der Waals surface area contributed by atoms with Crippen LogP contribution in [0.15, 0.2) is 22.3 Å². The van der Waals surface area contributed by atoms with E-state index < -0.39 is 11.7 Å². The van der Waals surface area contributed by atoms with Crippen LogP contribution in [0.25, 0.3) is 0 Å². The van der Waals surface area contributed by atoms with Crippen LogP contribution in [-0.4, -0.2) is 30.3 Å². The molecule has 1 N–H and O–H groups in total. The normalized spacial score (nSPS) is 16.7. The topological polar surface area (TPSA) is 41.3 Å². The third-order valence-corrected chi connectivity index (χ3v) is 3.07. The Hall–Kier alpha value is -1.50. The van der Waals surface area contributed by atoms with Crippen LogP contribution in [0.2, 0.25) is 0 Å². The number of rotatable bonds is 4. The van der Waals surface area contributed by atoms with Crippen molar-refractivity contribution >= 4 is 6.01 Å². The Morgan fingerprint density at radius 3 is 2.75 bits per heavy atom. The Labute approximate surface area is 115 Å². The molecule has 0 saturated heterocycles. The van der Waals surface area contributed by atoms with E-state index in [2.05, 4.69) is 10.3 Å². The van der Waals surface area contributed by atoms with E-state index in [-0.39, 0.29) is 19.5 Å². The number of oxazole rings is 1. The second-order valence-electron chi connectivity index (χ2n) is 5.08. The molecule has 1 aliphatic heterocycles. The first-order valence-corrected chi connectivity index (χ1v) is 6.55. The summed E-state index contributed by atoms with van der Waals surface area (Å²) in [6.07, 6.45) is -1.53. The molecule has 112 valence electrons. The molecule has 0 aromatic carbocycles. The zero-order valence-corrected chi connectivity index (χ0v) is 11.5. The summed E-state index contributed by atoms with van der Waals surface area (Å²) < 4.78 is 42.9. The van der Waals surface area contributed by atoms with Gasteiger partial charge in [-0.15, -0.1) is 0 Å². The Bertz CT molecular complexity index is 479. The highest BCUT2D eigenvalue weighted by Crippen LogP contribution is 2.31. The van der Waals surface area contributed by atoms with Gasteiger partial charge in [-0.1, -0.05) is 19.9 Å². The maximum atomic E-state index is 12.5. The van der Waals surface area contributed by atoms with Crippen molar-refractivity contribution in [1.82, 2.24) is 10.3 Å². The highest BCUT2D eigenvalue weighted by atomic mass is 19.4. The van der Waals surface area contributed by atoms with E-state index in [4.69, 9.17) is 4.42 Å². The van der Waals surface area contributed by atoms with E-state index in [1.807, 2.05) is 13.8 Å². The molecule has 2 rings (SSSR count). The van der Waals surface area contributed by atoms with Gasteiger partial charge in [0.1, 0.15) is 6.26 Å². The fraction of sp³-hybridized carbons (Fsp3) is 0.615. The third kappa shape index (κ3) is 3.75. The van der Waals surface area contributed by atoms with Crippen molar-refractivity contribution < 1.29 is 17.6 Å². The number of halogens is 3. The predicted octanol–water partition coefficient (Wildman–Crippen LogP) is 2.87. The van der Waals surface area contributed by atoms with Crippen molar-refractivity contribution in [3.8, 4) is 0 Å². The average Bonchev–Trinajstić information content (AvgIpc) is 2.84. The molecule has 0 spiro atoms. The summed E-state index contributed by atoms with van der Waals surface area (Å²) in [6, 6.07) is 0.713.